The second-order valence-electron chi connectivity index (χ2n) is 3.32. The van der Waals surface area contributed by atoms with Gasteiger partial charge < -0.3 is 10.2 Å². The topological polar surface area (TPSA) is 102 Å². The van der Waals surface area contributed by atoms with Gasteiger partial charge in [0, 0.05) is 16.7 Å². The first kappa shape index (κ1) is 12.4. The van der Waals surface area contributed by atoms with Gasteiger partial charge >= 0.3 is 0 Å². The van der Waals surface area contributed by atoms with Crippen LogP contribution in [0.2, 0.25) is 0 Å². The number of nitrogens with zero attached hydrogens (tertiary/aromatic N) is 4. The number of hydrogen-bond acceptors (Lipinski definition) is 4. The van der Waals surface area contributed by atoms with E-state index in [2.05, 4.69) is 15.0 Å². The van der Waals surface area contributed by atoms with Gasteiger partial charge in [-0.1, -0.05) is 5.11 Å². The Hall–Kier alpha value is -1.69. The molecule has 0 aliphatic heterocycles. The third-order valence-corrected chi connectivity index (χ3v) is 2.02. The van der Waals surface area contributed by atoms with Crippen molar-refractivity contribution >= 4 is 0 Å². The first-order valence-corrected chi connectivity index (χ1v) is 4.55. The number of rotatable bonds is 4. The smallest absolute Gasteiger partial charge is 0.218 e. The lowest BCUT2D eigenvalue weighted by Gasteiger charge is -2.16. The fourth-order valence-electron chi connectivity index (χ4n) is 1.21. The highest BCUT2D eigenvalue weighted by Gasteiger charge is 2.21. The zero-order valence-corrected chi connectivity index (χ0v) is 8.58. The summed E-state index contributed by atoms with van der Waals surface area (Å²) in [6.45, 7) is 1.35. The summed E-state index contributed by atoms with van der Waals surface area (Å²) >= 11 is 0. The molecule has 0 radical (unpaired) electrons. The third-order valence-electron chi connectivity index (χ3n) is 2.02. The summed E-state index contributed by atoms with van der Waals surface area (Å²) < 4.78 is 13.2. The molecule has 16 heavy (non-hydrogen) atoms. The maximum Gasteiger partial charge on any atom is 0.218 e. The van der Waals surface area contributed by atoms with E-state index in [1.165, 1.54) is 12.3 Å². The van der Waals surface area contributed by atoms with Gasteiger partial charge in [0.25, 0.3) is 0 Å². The number of halogens is 1. The molecular formula is C9H11FN4O2. The van der Waals surface area contributed by atoms with Crippen LogP contribution < -0.4 is 0 Å². The Bertz CT molecular complexity index is 420. The standard InChI is InChI=1S/C9H11FN4O2/c1-5-2-6(9(10)12-3-5)8(16)7(15)4-13-14-11/h2-3,7-8,15-16H,4H2,1H3. The van der Waals surface area contributed by atoms with Crippen molar-refractivity contribution in [2.75, 3.05) is 6.54 Å². The third kappa shape index (κ3) is 2.90. The van der Waals surface area contributed by atoms with Crippen molar-refractivity contribution in [1.29, 1.82) is 0 Å². The summed E-state index contributed by atoms with van der Waals surface area (Å²) in [6, 6.07) is 1.38. The molecule has 0 aromatic carbocycles. The van der Waals surface area contributed by atoms with Gasteiger partial charge in [0.1, 0.15) is 6.10 Å². The molecule has 0 saturated carbocycles. The highest BCUT2D eigenvalue weighted by Crippen LogP contribution is 2.20. The van der Waals surface area contributed by atoms with Gasteiger partial charge in [0.05, 0.1) is 12.6 Å². The van der Waals surface area contributed by atoms with Crippen molar-refractivity contribution in [3.63, 3.8) is 0 Å². The van der Waals surface area contributed by atoms with Crippen molar-refractivity contribution in [2.24, 2.45) is 5.11 Å². The van der Waals surface area contributed by atoms with E-state index >= 15 is 0 Å². The molecule has 6 nitrogen and oxygen atoms in total. The molecule has 1 aromatic rings. The molecule has 1 rings (SSSR count). The summed E-state index contributed by atoms with van der Waals surface area (Å²) in [5.74, 6) is -0.849. The van der Waals surface area contributed by atoms with E-state index in [1.54, 1.807) is 6.92 Å². The van der Waals surface area contributed by atoms with Crippen molar-refractivity contribution in [2.45, 2.75) is 19.1 Å². The normalized spacial score (nSPS) is 14.0. The highest BCUT2D eigenvalue weighted by molar-refractivity contribution is 5.21. The second-order valence-corrected chi connectivity index (χ2v) is 3.32. The molecule has 86 valence electrons. The zero-order chi connectivity index (χ0) is 12.1. The SMILES string of the molecule is Cc1cnc(F)c(C(O)C(O)CN=[N+]=[N-])c1. The average molecular weight is 226 g/mol. The van der Waals surface area contributed by atoms with Crippen LogP contribution in [0.15, 0.2) is 17.4 Å². The van der Waals surface area contributed by atoms with Gasteiger partial charge in [-0.3, -0.25) is 0 Å². The van der Waals surface area contributed by atoms with Crippen LogP contribution in [0.3, 0.4) is 0 Å². The number of aliphatic hydroxyl groups excluding tert-OH is 2. The van der Waals surface area contributed by atoms with Gasteiger partial charge in [0.2, 0.25) is 5.95 Å². The van der Waals surface area contributed by atoms with Crippen LogP contribution in [0.5, 0.6) is 0 Å². The molecule has 0 aliphatic rings. The minimum absolute atomic E-state index is 0.111. The predicted octanol–water partition coefficient (Wildman–Crippen LogP) is 1.23. The van der Waals surface area contributed by atoms with Crippen LogP contribution in [-0.2, 0) is 0 Å². The molecule has 2 atom stereocenters. The van der Waals surface area contributed by atoms with E-state index in [9.17, 15) is 14.6 Å². The van der Waals surface area contributed by atoms with Gasteiger partial charge in [-0.05, 0) is 24.1 Å². The Labute approximate surface area is 91.0 Å². The fourth-order valence-corrected chi connectivity index (χ4v) is 1.21. The van der Waals surface area contributed by atoms with E-state index < -0.39 is 18.2 Å². The minimum Gasteiger partial charge on any atom is -0.390 e. The van der Waals surface area contributed by atoms with Gasteiger partial charge in [-0.2, -0.15) is 4.39 Å². The molecule has 0 bridgehead atoms. The Morgan fingerprint density at radius 1 is 1.62 bits per heavy atom. The number of aryl methyl sites for hydroxylation is 1. The van der Waals surface area contributed by atoms with Crippen molar-refractivity contribution < 1.29 is 14.6 Å². The summed E-state index contributed by atoms with van der Waals surface area (Å²) in [4.78, 5) is 5.86. The van der Waals surface area contributed by atoms with E-state index in [0.29, 0.717) is 5.56 Å². The number of azide groups is 1. The van der Waals surface area contributed by atoms with Crippen LogP contribution in [-0.4, -0.2) is 27.8 Å². The quantitative estimate of drug-likeness (QED) is 0.349. The van der Waals surface area contributed by atoms with Gasteiger partial charge in [-0.25, -0.2) is 4.98 Å². The lowest BCUT2D eigenvalue weighted by Crippen LogP contribution is -2.22. The summed E-state index contributed by atoms with van der Waals surface area (Å²) in [5.41, 5.74) is 8.59. The number of aliphatic hydroxyl groups is 2. The largest absolute Gasteiger partial charge is 0.390 e. The molecular weight excluding hydrogens is 215 g/mol. The lowest BCUT2D eigenvalue weighted by atomic mass is 10.0. The molecule has 1 aromatic heterocycles. The summed E-state index contributed by atoms with van der Waals surface area (Å²) in [7, 11) is 0. The van der Waals surface area contributed by atoms with Crippen molar-refractivity contribution in [3.05, 3.63) is 39.8 Å². The molecule has 0 fully saturated rings. The van der Waals surface area contributed by atoms with E-state index in [1.807, 2.05) is 0 Å². The molecule has 7 heteroatoms. The van der Waals surface area contributed by atoms with Crippen LogP contribution in [0.25, 0.3) is 10.4 Å². The molecule has 0 spiro atoms. The van der Waals surface area contributed by atoms with Gasteiger partial charge in [0.15, 0.2) is 0 Å². The Balaban J connectivity index is 2.90. The minimum atomic E-state index is -1.46. The Morgan fingerprint density at radius 2 is 2.31 bits per heavy atom. The zero-order valence-electron chi connectivity index (χ0n) is 8.58. The first-order chi connectivity index (χ1) is 7.56. The van der Waals surface area contributed by atoms with Crippen LogP contribution >= 0.6 is 0 Å². The average Bonchev–Trinajstić information content (AvgIpc) is 2.28. The highest BCUT2D eigenvalue weighted by atomic mass is 19.1. The Kier molecular flexibility index (Phi) is 4.19. The van der Waals surface area contributed by atoms with E-state index in [0.717, 1.165) is 0 Å². The van der Waals surface area contributed by atoms with Gasteiger partial charge in [-0.15, -0.1) is 0 Å². The monoisotopic (exact) mass is 226 g/mol. The maximum absolute atomic E-state index is 13.2. The molecule has 0 aliphatic carbocycles. The van der Waals surface area contributed by atoms with Crippen molar-refractivity contribution in [1.82, 2.24) is 4.98 Å². The van der Waals surface area contributed by atoms with Crippen LogP contribution in [0.4, 0.5) is 4.39 Å². The molecule has 0 saturated heterocycles. The van der Waals surface area contributed by atoms with Crippen LogP contribution in [0, 0.1) is 12.9 Å². The Morgan fingerprint density at radius 3 is 2.94 bits per heavy atom. The summed E-state index contributed by atoms with van der Waals surface area (Å²) in [6.07, 6.45) is -1.50. The molecule has 2 unspecified atom stereocenters. The number of aromatic nitrogens is 1. The molecule has 2 N–H and O–H groups in total. The summed E-state index contributed by atoms with van der Waals surface area (Å²) in [5, 5.41) is 22.1. The number of hydrogen-bond donors (Lipinski definition) is 2. The second kappa shape index (κ2) is 5.41. The molecule has 0 amide bonds. The first-order valence-electron chi connectivity index (χ1n) is 4.55. The lowest BCUT2D eigenvalue weighted by molar-refractivity contribution is 0.0217. The fraction of sp³-hybridized carbons (Fsp3) is 0.444. The molecule has 1 heterocycles. The van der Waals surface area contributed by atoms with E-state index in [4.69, 9.17) is 5.53 Å². The van der Waals surface area contributed by atoms with E-state index in [-0.39, 0.29) is 12.1 Å². The van der Waals surface area contributed by atoms with Crippen LogP contribution in [0.1, 0.15) is 17.2 Å². The number of pyridine rings is 1. The van der Waals surface area contributed by atoms with Crippen molar-refractivity contribution in [3.8, 4) is 0 Å². The predicted molar refractivity (Wildman–Crippen MR) is 53.9 cm³/mol. The maximum atomic E-state index is 13.2.